The van der Waals surface area contributed by atoms with Gasteiger partial charge in [0.1, 0.15) is 5.75 Å². The number of ether oxygens (including phenoxy) is 1. The maximum atomic E-state index is 13.1. The Balaban J connectivity index is 2.20. The summed E-state index contributed by atoms with van der Waals surface area (Å²) >= 11 is 0. The van der Waals surface area contributed by atoms with Gasteiger partial charge >= 0.3 is 0 Å². The highest BCUT2D eigenvalue weighted by atomic mass is 19.2. The number of para-hydroxylation sites is 1. The van der Waals surface area contributed by atoms with Crippen LogP contribution < -0.4 is 10.1 Å². The topological polar surface area (TPSA) is 21.3 Å². The molecule has 1 atom stereocenters. The van der Waals surface area contributed by atoms with Gasteiger partial charge in [0.25, 0.3) is 0 Å². The molecule has 0 heterocycles. The lowest BCUT2D eigenvalue weighted by Gasteiger charge is -2.18. The fraction of sp³-hybridized carbons (Fsp3) is 0.200. The lowest BCUT2D eigenvalue weighted by atomic mass is 10.1. The number of hydrogen-bond acceptors (Lipinski definition) is 2. The number of methoxy groups -OCH3 is 1. The molecule has 0 amide bonds. The van der Waals surface area contributed by atoms with Gasteiger partial charge in [-0.15, -0.1) is 0 Å². The molecule has 19 heavy (non-hydrogen) atoms. The van der Waals surface area contributed by atoms with Gasteiger partial charge in [0.2, 0.25) is 0 Å². The maximum Gasteiger partial charge on any atom is 0.160 e. The van der Waals surface area contributed by atoms with Crippen molar-refractivity contribution in [1.82, 2.24) is 0 Å². The van der Waals surface area contributed by atoms with Crippen molar-refractivity contribution in [3.8, 4) is 5.75 Å². The molecule has 0 aliphatic carbocycles. The predicted molar refractivity (Wildman–Crippen MR) is 71.4 cm³/mol. The van der Waals surface area contributed by atoms with E-state index in [0.717, 1.165) is 23.4 Å². The molecule has 2 nitrogen and oxygen atoms in total. The van der Waals surface area contributed by atoms with Gasteiger partial charge in [-0.25, -0.2) is 8.78 Å². The minimum absolute atomic E-state index is 0.0824. The summed E-state index contributed by atoms with van der Waals surface area (Å²) < 4.78 is 31.3. The highest BCUT2D eigenvalue weighted by molar-refractivity contribution is 5.48. The first-order chi connectivity index (χ1) is 9.11. The fourth-order valence-corrected chi connectivity index (χ4v) is 1.94. The van der Waals surface area contributed by atoms with Crippen molar-refractivity contribution < 1.29 is 13.5 Å². The van der Waals surface area contributed by atoms with Crippen molar-refractivity contribution in [1.29, 1.82) is 0 Å². The van der Waals surface area contributed by atoms with Gasteiger partial charge in [-0.1, -0.05) is 18.2 Å². The van der Waals surface area contributed by atoms with Crippen LogP contribution in [-0.4, -0.2) is 7.11 Å². The highest BCUT2D eigenvalue weighted by Crippen LogP contribution is 2.27. The first kappa shape index (κ1) is 13.3. The predicted octanol–water partition coefficient (Wildman–Crippen LogP) is 4.15. The van der Waals surface area contributed by atoms with E-state index in [1.54, 1.807) is 7.11 Å². The zero-order valence-corrected chi connectivity index (χ0v) is 10.8. The number of benzene rings is 2. The zero-order valence-electron chi connectivity index (χ0n) is 10.8. The summed E-state index contributed by atoms with van der Waals surface area (Å²) in [6.45, 7) is 1.93. The van der Waals surface area contributed by atoms with Crippen LogP contribution in [0.4, 0.5) is 14.5 Å². The maximum absolute atomic E-state index is 13.1. The first-order valence-corrected chi connectivity index (χ1v) is 5.96. The standard InChI is InChI=1S/C15H15F2NO/c1-10(12-5-3-4-6-15(12)19-2)18-11-7-8-13(16)14(17)9-11/h3-10,18H,1-2H3. The van der Waals surface area contributed by atoms with Gasteiger partial charge in [-0.2, -0.15) is 0 Å². The van der Waals surface area contributed by atoms with E-state index in [-0.39, 0.29) is 6.04 Å². The van der Waals surface area contributed by atoms with Gasteiger partial charge < -0.3 is 10.1 Å². The summed E-state index contributed by atoms with van der Waals surface area (Å²) in [5, 5.41) is 3.11. The zero-order chi connectivity index (χ0) is 13.8. The van der Waals surface area contributed by atoms with Crippen LogP contribution in [-0.2, 0) is 0 Å². The summed E-state index contributed by atoms with van der Waals surface area (Å²) in [5.74, 6) is -0.960. The Morgan fingerprint density at radius 1 is 1.05 bits per heavy atom. The van der Waals surface area contributed by atoms with E-state index in [9.17, 15) is 8.78 Å². The van der Waals surface area contributed by atoms with Crippen molar-refractivity contribution in [3.63, 3.8) is 0 Å². The molecule has 0 aliphatic heterocycles. The Labute approximate surface area is 111 Å². The van der Waals surface area contributed by atoms with Crippen molar-refractivity contribution in [3.05, 3.63) is 59.7 Å². The van der Waals surface area contributed by atoms with E-state index in [0.29, 0.717) is 5.69 Å². The molecule has 0 saturated carbocycles. The van der Waals surface area contributed by atoms with E-state index in [1.807, 2.05) is 31.2 Å². The summed E-state index contributed by atoms with van der Waals surface area (Å²) in [6, 6.07) is 11.2. The Morgan fingerprint density at radius 3 is 2.47 bits per heavy atom. The van der Waals surface area contributed by atoms with Crippen molar-refractivity contribution in [2.75, 3.05) is 12.4 Å². The minimum Gasteiger partial charge on any atom is -0.496 e. The smallest absolute Gasteiger partial charge is 0.160 e. The van der Waals surface area contributed by atoms with Crippen LogP contribution in [0, 0.1) is 11.6 Å². The molecule has 0 bridgehead atoms. The van der Waals surface area contributed by atoms with Crippen molar-refractivity contribution in [2.45, 2.75) is 13.0 Å². The van der Waals surface area contributed by atoms with Crippen LogP contribution in [0.15, 0.2) is 42.5 Å². The Bertz CT molecular complexity index is 572. The molecule has 1 N–H and O–H groups in total. The molecule has 2 aromatic rings. The number of nitrogens with one attached hydrogen (secondary N) is 1. The van der Waals surface area contributed by atoms with Gasteiger partial charge in [-0.05, 0) is 25.1 Å². The molecule has 100 valence electrons. The Kier molecular flexibility index (Phi) is 4.00. The summed E-state index contributed by atoms with van der Waals surface area (Å²) in [6.07, 6.45) is 0. The molecular weight excluding hydrogens is 248 g/mol. The van der Waals surface area contributed by atoms with Gasteiger partial charge in [-0.3, -0.25) is 0 Å². The first-order valence-electron chi connectivity index (χ1n) is 5.96. The third-order valence-corrected chi connectivity index (χ3v) is 2.91. The van der Waals surface area contributed by atoms with Gasteiger partial charge in [0.15, 0.2) is 11.6 Å². The molecule has 0 spiro atoms. The van der Waals surface area contributed by atoms with Crippen molar-refractivity contribution >= 4 is 5.69 Å². The number of hydrogen-bond donors (Lipinski definition) is 1. The Morgan fingerprint density at radius 2 is 1.79 bits per heavy atom. The van der Waals surface area contributed by atoms with Crippen LogP contribution >= 0.6 is 0 Å². The normalized spacial score (nSPS) is 12.0. The van der Waals surface area contributed by atoms with Crippen molar-refractivity contribution in [2.24, 2.45) is 0 Å². The van der Waals surface area contributed by atoms with Crippen LogP contribution in [0.2, 0.25) is 0 Å². The fourth-order valence-electron chi connectivity index (χ4n) is 1.94. The van der Waals surface area contributed by atoms with Gasteiger partial charge in [0, 0.05) is 17.3 Å². The molecule has 4 heteroatoms. The molecule has 2 rings (SSSR count). The highest BCUT2D eigenvalue weighted by Gasteiger charge is 2.11. The van der Waals surface area contributed by atoms with E-state index in [1.165, 1.54) is 6.07 Å². The van der Waals surface area contributed by atoms with Crippen LogP contribution in [0.5, 0.6) is 5.75 Å². The number of rotatable bonds is 4. The number of halogens is 2. The number of anilines is 1. The lowest BCUT2D eigenvalue weighted by molar-refractivity contribution is 0.408. The van der Waals surface area contributed by atoms with E-state index in [2.05, 4.69) is 5.32 Å². The van der Waals surface area contributed by atoms with Gasteiger partial charge in [0.05, 0.1) is 13.2 Å². The van der Waals surface area contributed by atoms with E-state index < -0.39 is 11.6 Å². The van der Waals surface area contributed by atoms with Crippen LogP contribution in [0.25, 0.3) is 0 Å². The monoisotopic (exact) mass is 263 g/mol. The second-order valence-corrected chi connectivity index (χ2v) is 4.24. The molecule has 2 aromatic carbocycles. The summed E-state index contributed by atoms with van der Waals surface area (Å²) in [5.41, 5.74) is 1.48. The van der Waals surface area contributed by atoms with Crippen LogP contribution in [0.3, 0.4) is 0 Å². The molecule has 0 aromatic heterocycles. The average Bonchev–Trinajstić information content (AvgIpc) is 2.43. The largest absolute Gasteiger partial charge is 0.496 e. The van der Waals surface area contributed by atoms with E-state index in [4.69, 9.17) is 4.74 Å². The lowest BCUT2D eigenvalue weighted by Crippen LogP contribution is -2.08. The summed E-state index contributed by atoms with van der Waals surface area (Å²) in [4.78, 5) is 0. The third kappa shape index (κ3) is 3.02. The average molecular weight is 263 g/mol. The third-order valence-electron chi connectivity index (χ3n) is 2.91. The van der Waals surface area contributed by atoms with E-state index >= 15 is 0 Å². The Hall–Kier alpha value is -2.10. The molecule has 0 radical (unpaired) electrons. The SMILES string of the molecule is COc1ccccc1C(C)Nc1ccc(F)c(F)c1. The molecule has 0 aliphatic rings. The van der Waals surface area contributed by atoms with Crippen LogP contribution in [0.1, 0.15) is 18.5 Å². The molecule has 0 fully saturated rings. The summed E-state index contributed by atoms with van der Waals surface area (Å²) in [7, 11) is 1.60. The quantitative estimate of drug-likeness (QED) is 0.894. The molecule has 0 saturated heterocycles. The second kappa shape index (κ2) is 5.69. The molecule has 1 unspecified atom stereocenters. The second-order valence-electron chi connectivity index (χ2n) is 4.24. The minimum atomic E-state index is -0.864. The molecular formula is C15H15F2NO.